The highest BCUT2D eigenvalue weighted by atomic mass is 19.4. The number of carbonyl (C=O) groups excluding carboxylic acids is 1. The number of alkyl halides is 3. The molecule has 0 unspecified atom stereocenters. The van der Waals surface area contributed by atoms with Crippen molar-refractivity contribution in [3.05, 3.63) is 53.6 Å². The van der Waals surface area contributed by atoms with Gasteiger partial charge in [0.2, 0.25) is 5.91 Å². The molecular weight excluding hydrogens is 495 g/mol. The van der Waals surface area contributed by atoms with Gasteiger partial charge in [-0.2, -0.15) is 18.4 Å². The van der Waals surface area contributed by atoms with E-state index in [1.54, 1.807) is 19.2 Å². The van der Waals surface area contributed by atoms with Crippen LogP contribution in [0.1, 0.15) is 36.8 Å². The molecule has 1 N–H and O–H groups in total. The van der Waals surface area contributed by atoms with Crippen LogP contribution in [0.3, 0.4) is 0 Å². The van der Waals surface area contributed by atoms with Crippen molar-refractivity contribution in [2.45, 2.75) is 37.9 Å². The molecule has 2 heterocycles. The molecule has 0 saturated carbocycles. The van der Waals surface area contributed by atoms with Gasteiger partial charge in [0.15, 0.2) is 0 Å². The number of halogens is 3. The smallest absolute Gasteiger partial charge is 0.417 e. The number of piperazine rings is 1. The minimum atomic E-state index is -4.57. The molecule has 10 heteroatoms. The van der Waals surface area contributed by atoms with Crippen LogP contribution < -0.4 is 19.9 Å². The number of ether oxygens (including phenoxy) is 1. The fraction of sp³-hybridized carbons (Fsp3) is 0.500. The summed E-state index contributed by atoms with van der Waals surface area (Å²) in [6.45, 7) is 5.78. The minimum Gasteiger partial charge on any atom is -0.497 e. The van der Waals surface area contributed by atoms with Crippen LogP contribution in [0.15, 0.2) is 42.5 Å². The van der Waals surface area contributed by atoms with Crippen LogP contribution in [0.4, 0.5) is 24.5 Å². The van der Waals surface area contributed by atoms with E-state index in [2.05, 4.69) is 27.2 Å². The summed E-state index contributed by atoms with van der Waals surface area (Å²) in [7, 11) is 1.66. The van der Waals surface area contributed by atoms with Gasteiger partial charge in [0, 0.05) is 63.1 Å². The fourth-order valence-corrected chi connectivity index (χ4v) is 5.13. The van der Waals surface area contributed by atoms with E-state index >= 15 is 0 Å². The first kappa shape index (κ1) is 27.6. The first-order valence-corrected chi connectivity index (χ1v) is 13.0. The van der Waals surface area contributed by atoms with Crippen LogP contribution in [-0.4, -0.2) is 69.8 Å². The minimum absolute atomic E-state index is 0.0206. The summed E-state index contributed by atoms with van der Waals surface area (Å²) >= 11 is 0. The highest BCUT2D eigenvalue weighted by Crippen LogP contribution is 2.35. The zero-order chi connectivity index (χ0) is 27.1. The van der Waals surface area contributed by atoms with Crippen LogP contribution in [0.2, 0.25) is 0 Å². The summed E-state index contributed by atoms with van der Waals surface area (Å²) in [5.74, 6) is 0.875. The molecule has 2 aliphatic heterocycles. The second-order valence-corrected chi connectivity index (χ2v) is 9.80. The van der Waals surface area contributed by atoms with Gasteiger partial charge in [-0.05, 0) is 68.3 Å². The maximum absolute atomic E-state index is 13.3. The molecule has 0 aromatic heterocycles. The molecule has 2 aliphatic rings. The number of benzene rings is 2. The fourth-order valence-electron chi connectivity index (χ4n) is 5.13. The lowest BCUT2D eigenvalue weighted by molar-refractivity contribution is -0.137. The Morgan fingerprint density at radius 3 is 2.24 bits per heavy atom. The third-order valence-electron chi connectivity index (χ3n) is 7.34. The number of nitriles is 1. The quantitative estimate of drug-likeness (QED) is 0.551. The predicted molar refractivity (Wildman–Crippen MR) is 140 cm³/mol. The van der Waals surface area contributed by atoms with Crippen LogP contribution in [0.5, 0.6) is 5.75 Å². The van der Waals surface area contributed by atoms with E-state index in [-0.39, 0.29) is 17.5 Å². The second-order valence-electron chi connectivity index (χ2n) is 9.80. The molecule has 0 spiro atoms. The average Bonchev–Trinajstić information content (AvgIpc) is 2.93. The van der Waals surface area contributed by atoms with E-state index in [1.165, 1.54) is 11.8 Å². The Labute approximate surface area is 221 Å². The average molecular weight is 530 g/mol. The van der Waals surface area contributed by atoms with Crippen molar-refractivity contribution in [1.82, 2.24) is 10.2 Å². The number of hydrogen-bond acceptors (Lipinski definition) is 6. The molecule has 4 rings (SSSR count). The van der Waals surface area contributed by atoms with E-state index in [4.69, 9.17) is 10.00 Å². The Kier molecular flexibility index (Phi) is 9.00. The molecule has 0 radical (unpaired) electrons. The van der Waals surface area contributed by atoms with Crippen LogP contribution >= 0.6 is 0 Å². The Balaban J connectivity index is 1.15. The second kappa shape index (κ2) is 12.4. The lowest BCUT2D eigenvalue weighted by atomic mass is 10.0. The van der Waals surface area contributed by atoms with Crippen molar-refractivity contribution in [3.63, 3.8) is 0 Å². The van der Waals surface area contributed by atoms with Gasteiger partial charge in [-0.1, -0.05) is 0 Å². The van der Waals surface area contributed by atoms with Gasteiger partial charge < -0.3 is 19.9 Å². The van der Waals surface area contributed by atoms with Gasteiger partial charge in [-0.25, -0.2) is 0 Å². The molecule has 204 valence electrons. The standard InChI is InChI=1S/C28H34F3N5O2/c1-38-25-8-6-23(7-9-25)36-17-15-34(16-18-36)12-2-3-27(37)33-22-10-13-35(14-11-22)24-5-4-21(20-32)26(19-24)28(29,30)31/h4-9,19,22H,2-3,10-18H2,1H3,(H,33,37). The van der Waals surface area contributed by atoms with Crippen molar-refractivity contribution >= 4 is 17.3 Å². The molecule has 2 aromatic carbocycles. The summed E-state index contributed by atoms with van der Waals surface area (Å²) < 4.78 is 45.1. The highest BCUT2D eigenvalue weighted by Gasteiger charge is 2.34. The molecule has 1 amide bonds. The van der Waals surface area contributed by atoms with Crippen LogP contribution in [-0.2, 0) is 11.0 Å². The maximum Gasteiger partial charge on any atom is 0.417 e. The largest absolute Gasteiger partial charge is 0.497 e. The van der Waals surface area contributed by atoms with E-state index in [1.807, 2.05) is 17.0 Å². The lowest BCUT2D eigenvalue weighted by Crippen LogP contribution is -2.47. The van der Waals surface area contributed by atoms with Gasteiger partial charge in [0.25, 0.3) is 0 Å². The molecule has 7 nitrogen and oxygen atoms in total. The van der Waals surface area contributed by atoms with Crippen molar-refractivity contribution in [3.8, 4) is 11.8 Å². The molecule has 0 aliphatic carbocycles. The van der Waals surface area contributed by atoms with E-state index in [0.717, 1.165) is 51.0 Å². The number of hydrogen-bond donors (Lipinski definition) is 1. The van der Waals surface area contributed by atoms with Gasteiger partial charge in [0.05, 0.1) is 24.3 Å². The van der Waals surface area contributed by atoms with Gasteiger partial charge >= 0.3 is 6.18 Å². The van der Waals surface area contributed by atoms with Crippen molar-refractivity contribution in [1.29, 1.82) is 5.26 Å². The van der Waals surface area contributed by atoms with E-state index in [0.29, 0.717) is 38.0 Å². The number of nitrogens with zero attached hydrogens (tertiary/aromatic N) is 4. The zero-order valence-corrected chi connectivity index (χ0v) is 21.6. The monoisotopic (exact) mass is 529 g/mol. The number of methoxy groups -OCH3 is 1. The third-order valence-corrected chi connectivity index (χ3v) is 7.34. The van der Waals surface area contributed by atoms with Gasteiger partial charge in [-0.15, -0.1) is 0 Å². The summed E-state index contributed by atoms with van der Waals surface area (Å²) in [5.41, 5.74) is 0.363. The first-order valence-electron chi connectivity index (χ1n) is 13.0. The number of anilines is 2. The topological polar surface area (TPSA) is 71.8 Å². The van der Waals surface area contributed by atoms with Crippen molar-refractivity contribution in [2.75, 3.05) is 62.7 Å². The maximum atomic E-state index is 13.3. The number of amides is 1. The van der Waals surface area contributed by atoms with E-state index < -0.39 is 11.7 Å². The number of nitrogens with one attached hydrogen (secondary N) is 1. The van der Waals surface area contributed by atoms with Crippen molar-refractivity contribution < 1.29 is 22.7 Å². The normalized spacial score (nSPS) is 17.2. The van der Waals surface area contributed by atoms with Crippen molar-refractivity contribution in [2.24, 2.45) is 0 Å². The Bertz CT molecular complexity index is 1120. The molecule has 0 bridgehead atoms. The number of carbonyl (C=O) groups is 1. The Morgan fingerprint density at radius 1 is 1.00 bits per heavy atom. The third kappa shape index (κ3) is 7.10. The van der Waals surface area contributed by atoms with Gasteiger partial charge in [-0.3, -0.25) is 9.69 Å². The van der Waals surface area contributed by atoms with Gasteiger partial charge in [0.1, 0.15) is 5.75 Å². The summed E-state index contributed by atoms with van der Waals surface area (Å²) in [6, 6.07) is 13.6. The zero-order valence-electron chi connectivity index (χ0n) is 21.6. The molecule has 2 aromatic rings. The Hall–Kier alpha value is -3.45. The molecular formula is C28H34F3N5O2. The summed E-state index contributed by atoms with van der Waals surface area (Å²) in [5, 5.41) is 12.1. The van der Waals surface area contributed by atoms with Crippen LogP contribution in [0, 0.1) is 11.3 Å². The number of piperidine rings is 1. The Morgan fingerprint density at radius 2 is 1.63 bits per heavy atom. The predicted octanol–water partition coefficient (Wildman–Crippen LogP) is 4.27. The summed E-state index contributed by atoms with van der Waals surface area (Å²) in [4.78, 5) is 19.1. The first-order chi connectivity index (χ1) is 18.3. The summed E-state index contributed by atoms with van der Waals surface area (Å²) in [6.07, 6.45) is -1.99. The number of rotatable bonds is 8. The molecule has 2 fully saturated rings. The van der Waals surface area contributed by atoms with Crippen LogP contribution in [0.25, 0.3) is 0 Å². The molecule has 2 saturated heterocycles. The SMILES string of the molecule is COc1ccc(N2CCN(CCCC(=O)NC3CCN(c4ccc(C#N)c(C(F)(F)F)c4)CC3)CC2)cc1. The molecule has 38 heavy (non-hydrogen) atoms. The molecule has 0 atom stereocenters. The lowest BCUT2D eigenvalue weighted by Gasteiger charge is -2.36. The highest BCUT2D eigenvalue weighted by molar-refractivity contribution is 5.76. The van der Waals surface area contributed by atoms with E-state index in [9.17, 15) is 18.0 Å².